The van der Waals surface area contributed by atoms with Crippen molar-refractivity contribution in [2.75, 3.05) is 25.6 Å². The van der Waals surface area contributed by atoms with Crippen LogP contribution in [0.15, 0.2) is 24.3 Å². The molecule has 2 aromatic rings. The van der Waals surface area contributed by atoms with Gasteiger partial charge in [0.1, 0.15) is 0 Å². The highest BCUT2D eigenvalue weighted by Crippen LogP contribution is 2.25. The molecule has 0 saturated heterocycles. The number of anilines is 1. The SMILES string of the molecule is COC[C@@H](O)CNc1nc2ccccc2s1. The largest absolute Gasteiger partial charge is 0.389 e. The zero-order chi connectivity index (χ0) is 11.4. The number of methoxy groups -OCH3 is 1. The van der Waals surface area contributed by atoms with E-state index in [0.717, 1.165) is 15.3 Å². The first-order chi connectivity index (χ1) is 7.79. The number of ether oxygens (including phenoxy) is 1. The van der Waals surface area contributed by atoms with Gasteiger partial charge in [0, 0.05) is 13.7 Å². The van der Waals surface area contributed by atoms with Crippen LogP contribution in [-0.2, 0) is 4.74 Å². The molecular formula is C11H14N2O2S. The van der Waals surface area contributed by atoms with E-state index in [2.05, 4.69) is 10.3 Å². The molecule has 0 amide bonds. The molecule has 0 unspecified atom stereocenters. The summed E-state index contributed by atoms with van der Waals surface area (Å²) in [5.74, 6) is 0. The van der Waals surface area contributed by atoms with Crippen LogP contribution in [0.4, 0.5) is 5.13 Å². The normalized spacial score (nSPS) is 12.9. The van der Waals surface area contributed by atoms with Crippen LogP contribution in [0.25, 0.3) is 10.2 Å². The van der Waals surface area contributed by atoms with E-state index < -0.39 is 6.10 Å². The second kappa shape index (κ2) is 5.25. The number of aliphatic hydroxyl groups is 1. The topological polar surface area (TPSA) is 54.4 Å². The summed E-state index contributed by atoms with van der Waals surface area (Å²) in [4.78, 5) is 4.40. The first-order valence-corrected chi connectivity index (χ1v) is 5.87. The molecule has 1 aromatic heterocycles. The Morgan fingerprint density at radius 2 is 2.31 bits per heavy atom. The van der Waals surface area contributed by atoms with Crippen LogP contribution in [0.1, 0.15) is 0 Å². The Balaban J connectivity index is 1.99. The lowest BCUT2D eigenvalue weighted by molar-refractivity contribution is 0.0727. The molecule has 0 aliphatic carbocycles. The Morgan fingerprint density at radius 3 is 3.06 bits per heavy atom. The van der Waals surface area contributed by atoms with Gasteiger partial charge in [0.25, 0.3) is 0 Å². The third-order valence-corrected chi connectivity index (χ3v) is 3.14. The van der Waals surface area contributed by atoms with Gasteiger partial charge >= 0.3 is 0 Å². The van der Waals surface area contributed by atoms with Gasteiger partial charge < -0.3 is 15.2 Å². The third kappa shape index (κ3) is 2.69. The summed E-state index contributed by atoms with van der Waals surface area (Å²) in [5, 5.41) is 13.4. The highest BCUT2D eigenvalue weighted by molar-refractivity contribution is 7.22. The number of aromatic nitrogens is 1. The van der Waals surface area contributed by atoms with E-state index in [9.17, 15) is 5.11 Å². The predicted molar refractivity (Wildman–Crippen MR) is 66.0 cm³/mol. The molecule has 1 heterocycles. The maximum Gasteiger partial charge on any atom is 0.183 e. The van der Waals surface area contributed by atoms with E-state index in [4.69, 9.17) is 4.74 Å². The lowest BCUT2D eigenvalue weighted by Crippen LogP contribution is -2.23. The highest BCUT2D eigenvalue weighted by atomic mass is 32.1. The fourth-order valence-electron chi connectivity index (χ4n) is 1.40. The van der Waals surface area contributed by atoms with Crippen LogP contribution in [0.3, 0.4) is 0 Å². The highest BCUT2D eigenvalue weighted by Gasteiger charge is 2.06. The Kier molecular flexibility index (Phi) is 3.71. The second-order valence-corrected chi connectivity index (χ2v) is 4.51. The lowest BCUT2D eigenvalue weighted by Gasteiger charge is -2.09. The monoisotopic (exact) mass is 238 g/mol. The maximum absolute atomic E-state index is 9.47. The van der Waals surface area contributed by atoms with Gasteiger partial charge in [-0.1, -0.05) is 23.5 Å². The molecule has 4 nitrogen and oxygen atoms in total. The molecule has 86 valence electrons. The predicted octanol–water partition coefficient (Wildman–Crippen LogP) is 1.72. The molecule has 0 aliphatic rings. The Bertz CT molecular complexity index is 425. The van der Waals surface area contributed by atoms with E-state index >= 15 is 0 Å². The summed E-state index contributed by atoms with van der Waals surface area (Å²) in [5.41, 5.74) is 0.983. The molecular weight excluding hydrogens is 224 g/mol. The first kappa shape index (κ1) is 11.3. The minimum absolute atomic E-state index is 0.331. The van der Waals surface area contributed by atoms with Crippen LogP contribution in [-0.4, -0.2) is 36.5 Å². The average molecular weight is 238 g/mol. The quantitative estimate of drug-likeness (QED) is 0.832. The van der Waals surface area contributed by atoms with Gasteiger partial charge in [-0.15, -0.1) is 0 Å². The van der Waals surface area contributed by atoms with E-state index in [1.807, 2.05) is 24.3 Å². The van der Waals surface area contributed by atoms with Gasteiger partial charge in [-0.05, 0) is 12.1 Å². The van der Waals surface area contributed by atoms with Crippen molar-refractivity contribution in [3.63, 3.8) is 0 Å². The number of nitrogens with zero attached hydrogens (tertiary/aromatic N) is 1. The summed E-state index contributed by atoms with van der Waals surface area (Å²) in [6.07, 6.45) is -0.503. The molecule has 0 saturated carbocycles. The molecule has 2 N–H and O–H groups in total. The molecule has 0 radical (unpaired) electrons. The lowest BCUT2D eigenvalue weighted by atomic mass is 10.3. The summed E-state index contributed by atoms with van der Waals surface area (Å²) < 4.78 is 5.99. The number of hydrogen-bond acceptors (Lipinski definition) is 5. The maximum atomic E-state index is 9.47. The summed E-state index contributed by atoms with van der Waals surface area (Å²) in [6, 6.07) is 7.96. The van der Waals surface area contributed by atoms with Crippen molar-refractivity contribution in [3.05, 3.63) is 24.3 Å². The minimum Gasteiger partial charge on any atom is -0.389 e. The van der Waals surface area contributed by atoms with E-state index in [-0.39, 0.29) is 0 Å². The smallest absolute Gasteiger partial charge is 0.183 e. The number of hydrogen-bond donors (Lipinski definition) is 2. The molecule has 5 heteroatoms. The molecule has 1 atom stereocenters. The number of rotatable bonds is 5. The van der Waals surface area contributed by atoms with Crippen molar-refractivity contribution < 1.29 is 9.84 Å². The summed E-state index contributed by atoms with van der Waals surface area (Å²) in [7, 11) is 1.57. The van der Waals surface area contributed by atoms with E-state index in [1.54, 1.807) is 18.4 Å². The average Bonchev–Trinajstić information content (AvgIpc) is 2.69. The Morgan fingerprint density at radius 1 is 1.50 bits per heavy atom. The van der Waals surface area contributed by atoms with Gasteiger partial charge in [0.15, 0.2) is 5.13 Å². The fourth-order valence-corrected chi connectivity index (χ4v) is 2.28. The fraction of sp³-hybridized carbons (Fsp3) is 0.364. The molecule has 0 spiro atoms. The van der Waals surface area contributed by atoms with Gasteiger partial charge in [0.2, 0.25) is 0 Å². The van der Waals surface area contributed by atoms with E-state index in [1.165, 1.54) is 0 Å². The van der Waals surface area contributed by atoms with Crippen LogP contribution in [0.2, 0.25) is 0 Å². The van der Waals surface area contributed by atoms with E-state index in [0.29, 0.717) is 13.2 Å². The van der Waals surface area contributed by atoms with Crippen LogP contribution < -0.4 is 5.32 Å². The zero-order valence-electron chi connectivity index (χ0n) is 9.01. The second-order valence-electron chi connectivity index (χ2n) is 3.48. The Labute approximate surface area is 97.9 Å². The van der Waals surface area contributed by atoms with Crippen LogP contribution >= 0.6 is 11.3 Å². The van der Waals surface area contributed by atoms with Crippen molar-refractivity contribution in [1.29, 1.82) is 0 Å². The van der Waals surface area contributed by atoms with Crippen molar-refractivity contribution >= 4 is 26.7 Å². The summed E-state index contributed by atoms with van der Waals surface area (Å²) in [6.45, 7) is 0.783. The van der Waals surface area contributed by atoms with Gasteiger partial charge in [-0.2, -0.15) is 0 Å². The van der Waals surface area contributed by atoms with Crippen molar-refractivity contribution in [3.8, 4) is 0 Å². The third-order valence-electron chi connectivity index (χ3n) is 2.14. The number of fused-ring (bicyclic) bond motifs is 1. The van der Waals surface area contributed by atoms with Gasteiger partial charge in [-0.25, -0.2) is 4.98 Å². The number of nitrogens with one attached hydrogen (secondary N) is 1. The van der Waals surface area contributed by atoms with Crippen molar-refractivity contribution in [2.24, 2.45) is 0 Å². The van der Waals surface area contributed by atoms with Gasteiger partial charge in [-0.3, -0.25) is 0 Å². The molecule has 0 fully saturated rings. The minimum atomic E-state index is -0.503. The molecule has 1 aromatic carbocycles. The number of para-hydroxylation sites is 1. The van der Waals surface area contributed by atoms with Crippen LogP contribution in [0.5, 0.6) is 0 Å². The molecule has 2 rings (SSSR count). The zero-order valence-corrected chi connectivity index (χ0v) is 9.83. The van der Waals surface area contributed by atoms with Gasteiger partial charge in [0.05, 0.1) is 22.9 Å². The molecule has 16 heavy (non-hydrogen) atoms. The van der Waals surface area contributed by atoms with Crippen LogP contribution in [0, 0.1) is 0 Å². The van der Waals surface area contributed by atoms with Crippen molar-refractivity contribution in [2.45, 2.75) is 6.10 Å². The van der Waals surface area contributed by atoms with Crippen molar-refractivity contribution in [1.82, 2.24) is 4.98 Å². The standard InChI is InChI=1S/C11H14N2O2S/c1-15-7-8(14)6-12-11-13-9-4-2-3-5-10(9)16-11/h2-5,8,14H,6-7H2,1H3,(H,12,13)/t8-/m0/s1. The first-order valence-electron chi connectivity index (χ1n) is 5.06. The summed E-state index contributed by atoms with van der Waals surface area (Å²) >= 11 is 1.58. The number of benzene rings is 1. The number of aliphatic hydroxyl groups excluding tert-OH is 1. The molecule has 0 aliphatic heterocycles. The Hall–Kier alpha value is -1.17. The number of thiazole rings is 1. The molecule has 0 bridgehead atoms.